The van der Waals surface area contributed by atoms with Gasteiger partial charge < -0.3 is 20.1 Å². The van der Waals surface area contributed by atoms with Crippen molar-refractivity contribution in [3.8, 4) is 0 Å². The van der Waals surface area contributed by atoms with Crippen molar-refractivity contribution in [2.75, 3.05) is 19.8 Å². The smallest absolute Gasteiger partial charge is 0.154 e. The summed E-state index contributed by atoms with van der Waals surface area (Å²) in [6, 6.07) is 0. The number of ether oxygens (including phenoxy) is 1. The lowest BCUT2D eigenvalue weighted by Gasteiger charge is -2.11. The Morgan fingerprint density at radius 3 is 1.33 bits per heavy atom. The fourth-order valence-corrected chi connectivity index (χ4v) is 2.89. The maximum atomic E-state index is 9.77. The molecule has 24 heavy (non-hydrogen) atoms. The molecule has 0 aromatic heterocycles. The van der Waals surface area contributed by atoms with Gasteiger partial charge in [0, 0.05) is 19.8 Å². The minimum absolute atomic E-state index is 0.314. The van der Waals surface area contributed by atoms with Gasteiger partial charge in [0.15, 0.2) is 6.29 Å². The molecule has 0 saturated heterocycles. The van der Waals surface area contributed by atoms with Crippen LogP contribution < -0.4 is 0 Å². The molecular formula is C20H42O4. The Kier molecular flexibility index (Phi) is 20.7. The Hall–Kier alpha value is -0.160. The largest absolute Gasteiger partial charge is 0.396 e. The van der Waals surface area contributed by atoms with Crippen molar-refractivity contribution in [2.45, 2.75) is 109 Å². The molecule has 0 spiro atoms. The lowest BCUT2D eigenvalue weighted by Crippen LogP contribution is -2.12. The van der Waals surface area contributed by atoms with Crippen LogP contribution in [0.3, 0.4) is 0 Å². The molecule has 0 heterocycles. The predicted molar refractivity (Wildman–Crippen MR) is 100 cm³/mol. The lowest BCUT2D eigenvalue weighted by molar-refractivity contribution is -0.105. The monoisotopic (exact) mass is 346 g/mol. The normalized spacial score (nSPS) is 12.6. The van der Waals surface area contributed by atoms with Crippen LogP contribution in [0.2, 0.25) is 0 Å². The molecular weight excluding hydrogens is 304 g/mol. The van der Waals surface area contributed by atoms with Crippen LogP contribution in [0.15, 0.2) is 0 Å². The van der Waals surface area contributed by atoms with E-state index in [0.29, 0.717) is 19.8 Å². The first-order chi connectivity index (χ1) is 11.8. The molecule has 0 aromatic rings. The summed E-state index contributed by atoms with van der Waals surface area (Å²) in [5.41, 5.74) is 0. The highest BCUT2D eigenvalue weighted by Gasteiger charge is 2.03. The van der Waals surface area contributed by atoms with Crippen molar-refractivity contribution >= 4 is 0 Å². The van der Waals surface area contributed by atoms with E-state index in [-0.39, 0.29) is 0 Å². The highest BCUT2D eigenvalue weighted by atomic mass is 16.6. The Morgan fingerprint density at radius 1 is 0.500 bits per heavy atom. The summed E-state index contributed by atoms with van der Waals surface area (Å²) < 4.78 is 5.46. The number of rotatable bonds is 20. The molecule has 0 aliphatic heterocycles. The Bertz CT molecular complexity index is 224. The quantitative estimate of drug-likeness (QED) is 0.223. The van der Waals surface area contributed by atoms with Gasteiger partial charge in [-0.05, 0) is 32.1 Å². The summed E-state index contributed by atoms with van der Waals surface area (Å²) >= 11 is 0. The van der Waals surface area contributed by atoms with Crippen LogP contribution >= 0.6 is 0 Å². The van der Waals surface area contributed by atoms with Crippen molar-refractivity contribution in [3.63, 3.8) is 0 Å². The molecule has 0 fully saturated rings. The van der Waals surface area contributed by atoms with E-state index in [9.17, 15) is 5.11 Å². The van der Waals surface area contributed by atoms with E-state index < -0.39 is 6.29 Å². The van der Waals surface area contributed by atoms with E-state index in [0.717, 1.165) is 51.4 Å². The van der Waals surface area contributed by atoms with Gasteiger partial charge in [0.25, 0.3) is 0 Å². The Labute approximate surface area is 149 Å². The van der Waals surface area contributed by atoms with Gasteiger partial charge in [-0.3, -0.25) is 0 Å². The zero-order chi connectivity index (χ0) is 17.7. The van der Waals surface area contributed by atoms with Gasteiger partial charge in [0.2, 0.25) is 0 Å². The lowest BCUT2D eigenvalue weighted by atomic mass is 10.1. The molecule has 4 heteroatoms. The van der Waals surface area contributed by atoms with Gasteiger partial charge in [-0.25, -0.2) is 0 Å². The second-order valence-electron chi connectivity index (χ2n) is 6.86. The minimum Gasteiger partial charge on any atom is -0.396 e. The van der Waals surface area contributed by atoms with Crippen LogP contribution in [0.25, 0.3) is 0 Å². The number of aliphatic hydroxyl groups excluding tert-OH is 3. The van der Waals surface area contributed by atoms with E-state index >= 15 is 0 Å². The number of unbranched alkanes of at least 4 members (excludes halogenated alkanes) is 13. The SMILES string of the molecule is OCCCCCCCCCCOC(O)CCCCCCCCCO. The van der Waals surface area contributed by atoms with Gasteiger partial charge in [-0.2, -0.15) is 0 Å². The van der Waals surface area contributed by atoms with Gasteiger partial charge in [-0.1, -0.05) is 70.6 Å². The fourth-order valence-electron chi connectivity index (χ4n) is 2.89. The molecule has 0 radical (unpaired) electrons. The molecule has 4 nitrogen and oxygen atoms in total. The standard InChI is InChI=1S/C20H42O4/c21-17-13-9-5-1-2-7-11-15-19-24-20(23)16-12-8-4-3-6-10-14-18-22/h20-23H,1-19H2. The van der Waals surface area contributed by atoms with E-state index in [1.807, 2.05) is 0 Å². The van der Waals surface area contributed by atoms with Crippen molar-refractivity contribution in [3.05, 3.63) is 0 Å². The number of hydrogen-bond donors (Lipinski definition) is 3. The highest BCUT2D eigenvalue weighted by Crippen LogP contribution is 2.11. The summed E-state index contributed by atoms with van der Waals surface area (Å²) in [6.07, 6.45) is 17.4. The topological polar surface area (TPSA) is 69.9 Å². The average molecular weight is 347 g/mol. The molecule has 0 saturated carbocycles. The molecule has 146 valence electrons. The van der Waals surface area contributed by atoms with Crippen LogP contribution in [0, 0.1) is 0 Å². The summed E-state index contributed by atoms with van der Waals surface area (Å²) in [6.45, 7) is 1.31. The number of aliphatic hydroxyl groups is 3. The third-order valence-corrected chi connectivity index (χ3v) is 4.47. The molecule has 0 aliphatic rings. The maximum absolute atomic E-state index is 9.77. The Morgan fingerprint density at radius 2 is 0.875 bits per heavy atom. The summed E-state index contributed by atoms with van der Waals surface area (Å²) in [4.78, 5) is 0. The van der Waals surface area contributed by atoms with E-state index in [4.69, 9.17) is 14.9 Å². The van der Waals surface area contributed by atoms with Crippen LogP contribution in [0.4, 0.5) is 0 Å². The molecule has 0 bridgehead atoms. The molecule has 0 rings (SSSR count). The third-order valence-electron chi connectivity index (χ3n) is 4.47. The van der Waals surface area contributed by atoms with Crippen LogP contribution in [0.1, 0.15) is 103 Å². The van der Waals surface area contributed by atoms with E-state index in [1.54, 1.807) is 0 Å². The average Bonchev–Trinajstić information content (AvgIpc) is 2.59. The summed E-state index contributed by atoms with van der Waals surface area (Å²) in [5.74, 6) is 0. The maximum Gasteiger partial charge on any atom is 0.154 e. The van der Waals surface area contributed by atoms with Crippen molar-refractivity contribution in [2.24, 2.45) is 0 Å². The first-order valence-electron chi connectivity index (χ1n) is 10.3. The van der Waals surface area contributed by atoms with E-state index in [1.165, 1.54) is 51.4 Å². The van der Waals surface area contributed by atoms with Crippen molar-refractivity contribution in [1.82, 2.24) is 0 Å². The van der Waals surface area contributed by atoms with Crippen LogP contribution in [-0.4, -0.2) is 41.4 Å². The second-order valence-corrected chi connectivity index (χ2v) is 6.86. The fraction of sp³-hybridized carbons (Fsp3) is 1.00. The zero-order valence-electron chi connectivity index (χ0n) is 15.8. The summed E-state index contributed by atoms with van der Waals surface area (Å²) in [7, 11) is 0. The Balaban J connectivity index is 3.11. The summed E-state index contributed by atoms with van der Waals surface area (Å²) in [5, 5.41) is 27.2. The van der Waals surface area contributed by atoms with Gasteiger partial charge in [0.1, 0.15) is 0 Å². The number of hydrogen-bond acceptors (Lipinski definition) is 4. The molecule has 3 N–H and O–H groups in total. The zero-order valence-corrected chi connectivity index (χ0v) is 15.8. The van der Waals surface area contributed by atoms with Gasteiger partial charge in [0.05, 0.1) is 0 Å². The second kappa shape index (κ2) is 20.9. The van der Waals surface area contributed by atoms with Crippen molar-refractivity contribution in [1.29, 1.82) is 0 Å². The van der Waals surface area contributed by atoms with Crippen molar-refractivity contribution < 1.29 is 20.1 Å². The predicted octanol–water partition coefficient (Wildman–Crippen LogP) is 4.55. The van der Waals surface area contributed by atoms with Gasteiger partial charge in [-0.15, -0.1) is 0 Å². The molecule has 1 unspecified atom stereocenters. The first-order valence-corrected chi connectivity index (χ1v) is 10.3. The highest BCUT2D eigenvalue weighted by molar-refractivity contribution is 4.50. The first kappa shape index (κ1) is 23.8. The minimum atomic E-state index is -0.585. The third kappa shape index (κ3) is 19.9. The van der Waals surface area contributed by atoms with Gasteiger partial charge >= 0.3 is 0 Å². The van der Waals surface area contributed by atoms with Crippen LogP contribution in [-0.2, 0) is 4.74 Å². The molecule has 1 atom stereocenters. The van der Waals surface area contributed by atoms with Crippen LogP contribution in [0.5, 0.6) is 0 Å². The molecule has 0 amide bonds. The molecule has 0 aromatic carbocycles. The van der Waals surface area contributed by atoms with E-state index in [2.05, 4.69) is 0 Å². The molecule has 0 aliphatic carbocycles.